The smallest absolute Gasteiger partial charge is 0.191 e. The molecule has 3 rings (SSSR count). The second-order valence-electron chi connectivity index (χ2n) is 5.39. The third-order valence-corrected chi connectivity index (χ3v) is 3.99. The van der Waals surface area contributed by atoms with Crippen molar-refractivity contribution in [3.63, 3.8) is 0 Å². The molecule has 3 aromatic rings. The van der Waals surface area contributed by atoms with Crippen molar-refractivity contribution >= 4 is 52.3 Å². The van der Waals surface area contributed by atoms with E-state index in [9.17, 15) is 0 Å². The van der Waals surface area contributed by atoms with Crippen LogP contribution in [0.15, 0.2) is 65.8 Å². The fourth-order valence-electron chi connectivity index (χ4n) is 2.54. The monoisotopic (exact) mass is 466 g/mol. The summed E-state index contributed by atoms with van der Waals surface area (Å²) < 4.78 is 0. The zero-order valence-electron chi connectivity index (χ0n) is 13.9. The molecule has 4 nitrogen and oxygen atoms in total. The van der Waals surface area contributed by atoms with E-state index in [1.165, 1.54) is 5.39 Å². The standard InChI is InChI=1S/C19H19ClN4.HI/c1-21-19(23-12-14-5-4-7-16(20)11-14)24-13-18-17-8-3-2-6-15(17)9-10-22-18;/h2-11H,12-13H2,1H3,(H2,21,23,24);1H. The zero-order valence-corrected chi connectivity index (χ0v) is 17.0. The highest BCUT2D eigenvalue weighted by atomic mass is 127. The van der Waals surface area contributed by atoms with Gasteiger partial charge in [0.15, 0.2) is 5.96 Å². The van der Waals surface area contributed by atoms with E-state index in [0.29, 0.717) is 13.1 Å². The van der Waals surface area contributed by atoms with Crippen LogP contribution in [0.3, 0.4) is 0 Å². The van der Waals surface area contributed by atoms with Gasteiger partial charge in [0.1, 0.15) is 0 Å². The third-order valence-electron chi connectivity index (χ3n) is 3.75. The van der Waals surface area contributed by atoms with Crippen LogP contribution >= 0.6 is 35.6 Å². The molecule has 0 fully saturated rings. The Labute approximate surface area is 169 Å². The number of aromatic nitrogens is 1. The Hall–Kier alpha value is -1.86. The van der Waals surface area contributed by atoms with E-state index in [-0.39, 0.29) is 24.0 Å². The molecule has 0 aliphatic heterocycles. The van der Waals surface area contributed by atoms with Gasteiger partial charge in [0.25, 0.3) is 0 Å². The van der Waals surface area contributed by atoms with Gasteiger partial charge < -0.3 is 10.6 Å². The van der Waals surface area contributed by atoms with Crippen molar-refractivity contribution < 1.29 is 0 Å². The van der Waals surface area contributed by atoms with Crippen molar-refractivity contribution in [3.8, 4) is 0 Å². The highest BCUT2D eigenvalue weighted by Gasteiger charge is 2.04. The molecular weight excluding hydrogens is 447 g/mol. The highest BCUT2D eigenvalue weighted by molar-refractivity contribution is 14.0. The first-order chi connectivity index (χ1) is 11.8. The van der Waals surface area contributed by atoms with Gasteiger partial charge in [0.2, 0.25) is 0 Å². The number of rotatable bonds is 4. The quantitative estimate of drug-likeness (QED) is 0.341. The average molecular weight is 467 g/mol. The van der Waals surface area contributed by atoms with E-state index in [1.807, 2.05) is 48.7 Å². The van der Waals surface area contributed by atoms with Crippen molar-refractivity contribution in [2.75, 3.05) is 7.05 Å². The lowest BCUT2D eigenvalue weighted by atomic mass is 10.1. The number of pyridine rings is 1. The van der Waals surface area contributed by atoms with Crippen LogP contribution in [0.4, 0.5) is 0 Å². The summed E-state index contributed by atoms with van der Waals surface area (Å²) in [5, 5.41) is 9.66. The molecule has 6 heteroatoms. The summed E-state index contributed by atoms with van der Waals surface area (Å²) in [6.45, 7) is 1.26. The van der Waals surface area contributed by atoms with Gasteiger partial charge in [-0.05, 0) is 29.1 Å². The number of nitrogens with one attached hydrogen (secondary N) is 2. The van der Waals surface area contributed by atoms with Gasteiger partial charge in [-0.15, -0.1) is 24.0 Å². The van der Waals surface area contributed by atoms with Gasteiger partial charge in [-0.25, -0.2) is 0 Å². The number of guanidine groups is 1. The maximum absolute atomic E-state index is 6.01. The number of nitrogens with zero attached hydrogens (tertiary/aromatic N) is 2. The molecule has 0 spiro atoms. The molecular formula is C19H20ClIN4. The SMILES string of the molecule is CN=C(NCc1cccc(Cl)c1)NCc1nccc2ccccc12.I. The molecule has 0 radical (unpaired) electrons. The maximum Gasteiger partial charge on any atom is 0.191 e. The number of halogens is 2. The minimum atomic E-state index is 0. The first-order valence-electron chi connectivity index (χ1n) is 7.78. The van der Waals surface area contributed by atoms with Gasteiger partial charge in [-0.2, -0.15) is 0 Å². The van der Waals surface area contributed by atoms with Crippen molar-refractivity contribution in [2.24, 2.45) is 4.99 Å². The second kappa shape index (κ2) is 9.58. The summed E-state index contributed by atoms with van der Waals surface area (Å²) in [4.78, 5) is 8.73. The van der Waals surface area contributed by atoms with Crippen LogP contribution in [0, 0.1) is 0 Å². The molecule has 0 saturated carbocycles. The molecule has 2 aromatic carbocycles. The van der Waals surface area contributed by atoms with Gasteiger partial charge in [-0.3, -0.25) is 9.98 Å². The van der Waals surface area contributed by atoms with E-state index in [1.54, 1.807) is 7.05 Å². The lowest BCUT2D eigenvalue weighted by molar-refractivity contribution is 0.799. The summed E-state index contributed by atoms with van der Waals surface area (Å²) in [7, 11) is 1.75. The summed E-state index contributed by atoms with van der Waals surface area (Å²) >= 11 is 6.01. The first-order valence-corrected chi connectivity index (χ1v) is 8.15. The normalized spacial score (nSPS) is 11.0. The number of hydrogen-bond donors (Lipinski definition) is 2. The predicted molar refractivity (Wildman–Crippen MR) is 116 cm³/mol. The van der Waals surface area contributed by atoms with Crippen LogP contribution in [-0.2, 0) is 13.1 Å². The second-order valence-corrected chi connectivity index (χ2v) is 5.82. The largest absolute Gasteiger partial charge is 0.352 e. The topological polar surface area (TPSA) is 49.3 Å². The van der Waals surface area contributed by atoms with E-state index in [4.69, 9.17) is 11.6 Å². The molecule has 0 saturated heterocycles. The van der Waals surface area contributed by atoms with E-state index in [0.717, 1.165) is 27.6 Å². The van der Waals surface area contributed by atoms with Crippen LogP contribution in [-0.4, -0.2) is 18.0 Å². The molecule has 0 aliphatic carbocycles. The Morgan fingerprint density at radius 2 is 1.84 bits per heavy atom. The molecule has 0 atom stereocenters. The van der Waals surface area contributed by atoms with Gasteiger partial charge >= 0.3 is 0 Å². The number of benzene rings is 2. The van der Waals surface area contributed by atoms with Gasteiger partial charge in [0, 0.05) is 30.2 Å². The number of aliphatic imine (C=N–C) groups is 1. The third kappa shape index (κ3) is 5.31. The fourth-order valence-corrected chi connectivity index (χ4v) is 2.76. The lowest BCUT2D eigenvalue weighted by Gasteiger charge is -2.13. The summed E-state index contributed by atoms with van der Waals surface area (Å²) in [6, 6.07) is 18.0. The van der Waals surface area contributed by atoms with Crippen LogP contribution in [0.2, 0.25) is 5.02 Å². The van der Waals surface area contributed by atoms with Gasteiger partial charge in [0.05, 0.1) is 12.2 Å². The van der Waals surface area contributed by atoms with Crippen LogP contribution in [0.1, 0.15) is 11.3 Å². The molecule has 25 heavy (non-hydrogen) atoms. The Kier molecular flexibility index (Phi) is 7.46. The predicted octanol–water partition coefficient (Wildman–Crippen LogP) is 4.37. The Bertz CT molecular complexity index is 861. The van der Waals surface area contributed by atoms with Crippen LogP contribution in [0.5, 0.6) is 0 Å². The highest BCUT2D eigenvalue weighted by Crippen LogP contribution is 2.16. The molecule has 2 N–H and O–H groups in total. The fraction of sp³-hybridized carbons (Fsp3) is 0.158. The van der Waals surface area contributed by atoms with Crippen molar-refractivity contribution in [1.82, 2.24) is 15.6 Å². The maximum atomic E-state index is 6.01. The summed E-state index contributed by atoms with van der Waals surface area (Å²) in [6.07, 6.45) is 1.83. The number of hydrogen-bond acceptors (Lipinski definition) is 2. The van der Waals surface area contributed by atoms with E-state index >= 15 is 0 Å². The summed E-state index contributed by atoms with van der Waals surface area (Å²) in [5.74, 6) is 0.727. The lowest BCUT2D eigenvalue weighted by Crippen LogP contribution is -2.36. The molecule has 1 heterocycles. The van der Waals surface area contributed by atoms with E-state index < -0.39 is 0 Å². The van der Waals surface area contributed by atoms with Gasteiger partial charge in [-0.1, -0.05) is 48.0 Å². The molecule has 0 unspecified atom stereocenters. The Morgan fingerprint density at radius 3 is 2.64 bits per heavy atom. The van der Waals surface area contributed by atoms with Crippen molar-refractivity contribution in [1.29, 1.82) is 0 Å². The molecule has 1 aromatic heterocycles. The Morgan fingerprint density at radius 1 is 1.04 bits per heavy atom. The molecule has 0 amide bonds. The first kappa shape index (κ1) is 19.5. The van der Waals surface area contributed by atoms with Crippen LogP contribution < -0.4 is 10.6 Å². The average Bonchev–Trinajstić information content (AvgIpc) is 2.62. The van der Waals surface area contributed by atoms with Crippen molar-refractivity contribution in [2.45, 2.75) is 13.1 Å². The molecule has 0 bridgehead atoms. The number of fused-ring (bicyclic) bond motifs is 1. The zero-order chi connectivity index (χ0) is 16.8. The Balaban J connectivity index is 0.00000225. The minimum Gasteiger partial charge on any atom is -0.352 e. The van der Waals surface area contributed by atoms with Crippen LogP contribution in [0.25, 0.3) is 10.8 Å². The molecule has 130 valence electrons. The minimum absolute atomic E-state index is 0. The molecule has 0 aliphatic rings. The van der Waals surface area contributed by atoms with Crippen molar-refractivity contribution in [3.05, 3.63) is 77.1 Å². The summed E-state index contributed by atoms with van der Waals surface area (Å²) in [5.41, 5.74) is 2.10. The van der Waals surface area contributed by atoms with E-state index in [2.05, 4.69) is 32.7 Å².